The summed E-state index contributed by atoms with van der Waals surface area (Å²) in [6, 6.07) is 12.4. The fourth-order valence-electron chi connectivity index (χ4n) is 5.20. The zero-order valence-electron chi connectivity index (χ0n) is 26.5. The molecule has 0 spiro atoms. The Balaban J connectivity index is 1.69. The Morgan fingerprint density at radius 1 is 0.524 bits per heavy atom. The molecule has 0 saturated heterocycles. The van der Waals surface area contributed by atoms with Gasteiger partial charge in [0.15, 0.2) is 0 Å². The molecule has 2 atom stereocenters. The van der Waals surface area contributed by atoms with Gasteiger partial charge in [-0.05, 0) is 38.8 Å². The zero-order chi connectivity index (χ0) is 30.2. The molecule has 6 heteroatoms. The molecule has 6 nitrogen and oxygen atoms in total. The topological polar surface area (TPSA) is 77.4 Å². The highest BCUT2D eigenvalue weighted by Gasteiger charge is 2.19. The maximum absolute atomic E-state index is 10.6. The minimum atomic E-state index is -0.723. The Morgan fingerprint density at radius 2 is 0.929 bits per heavy atom. The van der Waals surface area contributed by atoms with Gasteiger partial charge in [0, 0.05) is 34.8 Å². The van der Waals surface area contributed by atoms with Crippen molar-refractivity contribution in [2.45, 2.75) is 104 Å². The van der Waals surface area contributed by atoms with E-state index < -0.39 is 12.2 Å². The Hall–Kier alpha value is -2.38. The quantitative estimate of drug-likeness (QED) is 0.0922. The summed E-state index contributed by atoms with van der Waals surface area (Å²) in [6.45, 7) is 10.6. The predicted molar refractivity (Wildman–Crippen MR) is 173 cm³/mol. The van der Waals surface area contributed by atoms with Crippen molar-refractivity contribution in [1.82, 2.24) is 0 Å². The van der Waals surface area contributed by atoms with Crippen LogP contribution in [0.4, 0.5) is 0 Å². The molecule has 234 valence electrons. The van der Waals surface area contributed by atoms with Gasteiger partial charge in [0.05, 0.1) is 13.2 Å². The Morgan fingerprint density at radius 3 is 1.33 bits per heavy atom. The fraction of sp³-hybridized carbons (Fsp3) is 0.611. The molecule has 0 aliphatic heterocycles. The lowest BCUT2D eigenvalue weighted by atomic mass is 9.97. The number of hydrogen-bond acceptors (Lipinski definition) is 6. The van der Waals surface area contributed by atoms with Crippen molar-refractivity contribution in [3.05, 3.63) is 47.5 Å². The van der Waals surface area contributed by atoms with Gasteiger partial charge in [-0.3, -0.25) is 0 Å². The molecular formula is C36H54O6. The maximum atomic E-state index is 10.6. The number of ether oxygens (including phenoxy) is 4. The summed E-state index contributed by atoms with van der Waals surface area (Å²) in [5.74, 6) is 1.45. The Kier molecular flexibility index (Phi) is 15.4. The highest BCUT2D eigenvalue weighted by Crippen LogP contribution is 2.43. The van der Waals surface area contributed by atoms with E-state index >= 15 is 0 Å². The first kappa shape index (κ1) is 34.1. The summed E-state index contributed by atoms with van der Waals surface area (Å²) in [7, 11) is 0. The highest BCUT2D eigenvalue weighted by molar-refractivity contribution is 6.11. The summed E-state index contributed by atoms with van der Waals surface area (Å²) in [5.41, 5.74) is 2.20. The van der Waals surface area contributed by atoms with Gasteiger partial charge < -0.3 is 29.2 Å². The average Bonchev–Trinajstić information content (AvgIpc) is 2.98. The number of aryl methyl sites for hydroxylation is 2. The summed E-state index contributed by atoms with van der Waals surface area (Å²) in [6.07, 6.45) is 10.3. The van der Waals surface area contributed by atoms with Crippen molar-refractivity contribution in [2.24, 2.45) is 0 Å². The molecular weight excluding hydrogens is 528 g/mol. The van der Waals surface area contributed by atoms with Gasteiger partial charge in [0.2, 0.25) is 0 Å². The van der Waals surface area contributed by atoms with Gasteiger partial charge in [0.1, 0.15) is 36.9 Å². The van der Waals surface area contributed by atoms with Crippen LogP contribution in [0.3, 0.4) is 0 Å². The molecule has 3 aromatic carbocycles. The molecule has 0 amide bonds. The van der Waals surface area contributed by atoms with Crippen LogP contribution in [0, 0.1) is 13.8 Å². The molecule has 2 unspecified atom stereocenters. The van der Waals surface area contributed by atoms with Crippen molar-refractivity contribution in [3.8, 4) is 11.5 Å². The third-order valence-corrected chi connectivity index (χ3v) is 7.57. The molecule has 0 aliphatic rings. The van der Waals surface area contributed by atoms with Gasteiger partial charge in [-0.2, -0.15) is 0 Å². The van der Waals surface area contributed by atoms with Crippen LogP contribution in [0.5, 0.6) is 11.5 Å². The van der Waals surface area contributed by atoms with E-state index in [0.717, 1.165) is 69.9 Å². The molecule has 0 fully saturated rings. The second-order valence-corrected chi connectivity index (χ2v) is 11.7. The number of unbranched alkanes of at least 4 members (excludes halogenated alkanes) is 8. The van der Waals surface area contributed by atoms with Gasteiger partial charge in [-0.25, -0.2) is 0 Å². The first-order valence-electron chi connectivity index (χ1n) is 16.2. The lowest BCUT2D eigenvalue weighted by Gasteiger charge is -2.21. The summed E-state index contributed by atoms with van der Waals surface area (Å²) in [5, 5.41) is 24.9. The molecule has 0 bridgehead atoms. The second kappa shape index (κ2) is 19.0. The number of hydrogen-bond donors (Lipinski definition) is 2. The average molecular weight is 583 g/mol. The second-order valence-electron chi connectivity index (χ2n) is 11.7. The van der Waals surface area contributed by atoms with E-state index in [-0.39, 0.29) is 26.4 Å². The number of aliphatic hydroxyl groups is 2. The first-order chi connectivity index (χ1) is 20.4. The van der Waals surface area contributed by atoms with Crippen LogP contribution in [0.2, 0.25) is 0 Å². The molecule has 3 aromatic rings. The van der Waals surface area contributed by atoms with E-state index in [1.54, 1.807) is 0 Å². The molecule has 0 heterocycles. The predicted octanol–water partition coefficient (Wildman–Crippen LogP) is 8.06. The minimum Gasteiger partial charge on any atom is -0.489 e. The minimum absolute atomic E-state index is 0.135. The monoisotopic (exact) mass is 582 g/mol. The largest absolute Gasteiger partial charge is 0.489 e. The normalized spacial score (nSPS) is 13.1. The first-order valence-corrected chi connectivity index (χ1v) is 16.2. The van der Waals surface area contributed by atoms with Crippen LogP contribution in [-0.2, 0) is 9.47 Å². The van der Waals surface area contributed by atoms with Crippen LogP contribution in [0.15, 0.2) is 36.4 Å². The summed E-state index contributed by atoms with van der Waals surface area (Å²) in [4.78, 5) is 0. The standard InChI is InChI=1S/C36H54O6/c1-5-7-9-11-13-19-39-23-29(37)25-41-35-31-17-15-28(4)22-34(31)36(32-18-16-27(3)21-33(32)35)42-26-30(38)24-40-20-14-12-10-8-6-2/h15-18,21-22,29-30,37-38H,5-14,19-20,23-26H2,1-4H3. The van der Waals surface area contributed by atoms with Crippen LogP contribution in [0.1, 0.15) is 89.2 Å². The van der Waals surface area contributed by atoms with Crippen molar-refractivity contribution >= 4 is 21.5 Å². The molecule has 3 rings (SSSR count). The van der Waals surface area contributed by atoms with Crippen LogP contribution >= 0.6 is 0 Å². The molecule has 0 saturated carbocycles. The Labute approximate surface area is 253 Å². The molecule has 42 heavy (non-hydrogen) atoms. The summed E-state index contributed by atoms with van der Waals surface area (Å²) >= 11 is 0. The van der Waals surface area contributed by atoms with Crippen LogP contribution < -0.4 is 9.47 Å². The number of benzene rings is 3. The van der Waals surface area contributed by atoms with E-state index in [1.807, 2.05) is 12.1 Å². The molecule has 0 radical (unpaired) electrons. The number of aliphatic hydroxyl groups excluding tert-OH is 2. The zero-order valence-corrected chi connectivity index (χ0v) is 26.5. The van der Waals surface area contributed by atoms with Crippen LogP contribution in [-0.4, -0.2) is 62.1 Å². The van der Waals surface area contributed by atoms with E-state index in [1.165, 1.54) is 38.5 Å². The van der Waals surface area contributed by atoms with Crippen molar-refractivity contribution in [3.63, 3.8) is 0 Å². The molecule has 0 aliphatic carbocycles. The van der Waals surface area contributed by atoms with Gasteiger partial charge in [0.25, 0.3) is 0 Å². The molecule has 0 aromatic heterocycles. The Bertz CT molecular complexity index is 1100. The van der Waals surface area contributed by atoms with E-state index in [4.69, 9.17) is 18.9 Å². The van der Waals surface area contributed by atoms with E-state index in [0.29, 0.717) is 13.2 Å². The van der Waals surface area contributed by atoms with E-state index in [2.05, 4.69) is 52.0 Å². The van der Waals surface area contributed by atoms with Gasteiger partial charge >= 0.3 is 0 Å². The molecule has 2 N–H and O–H groups in total. The third-order valence-electron chi connectivity index (χ3n) is 7.57. The highest BCUT2D eigenvalue weighted by atomic mass is 16.5. The van der Waals surface area contributed by atoms with E-state index in [9.17, 15) is 10.2 Å². The van der Waals surface area contributed by atoms with Crippen molar-refractivity contribution in [2.75, 3.05) is 39.6 Å². The van der Waals surface area contributed by atoms with Gasteiger partial charge in [-0.1, -0.05) is 101 Å². The lowest BCUT2D eigenvalue weighted by molar-refractivity contribution is 0.0111. The van der Waals surface area contributed by atoms with Crippen LogP contribution in [0.25, 0.3) is 21.5 Å². The fourth-order valence-corrected chi connectivity index (χ4v) is 5.20. The summed E-state index contributed by atoms with van der Waals surface area (Å²) < 4.78 is 24.1. The number of rotatable bonds is 22. The van der Waals surface area contributed by atoms with Crippen molar-refractivity contribution < 1.29 is 29.2 Å². The van der Waals surface area contributed by atoms with Gasteiger partial charge in [-0.15, -0.1) is 0 Å². The maximum Gasteiger partial charge on any atom is 0.135 e. The lowest BCUT2D eigenvalue weighted by Crippen LogP contribution is -2.24. The smallest absolute Gasteiger partial charge is 0.135 e. The third kappa shape index (κ3) is 11.0. The SMILES string of the molecule is CCCCCCCOCC(O)COc1c2ccc(C)cc2c(OCC(O)COCCCCCCC)c2ccc(C)cc12. The van der Waals surface area contributed by atoms with Crippen molar-refractivity contribution in [1.29, 1.82) is 0 Å². The number of fused-ring (bicyclic) bond motifs is 2.